The van der Waals surface area contributed by atoms with Gasteiger partial charge in [0.2, 0.25) is 0 Å². The number of nitrogens with zero attached hydrogens (tertiary/aromatic N) is 3. The molecule has 0 radical (unpaired) electrons. The summed E-state index contributed by atoms with van der Waals surface area (Å²) in [7, 11) is 0. The molecule has 3 heterocycles. The van der Waals surface area contributed by atoms with E-state index in [0.29, 0.717) is 31.7 Å². The number of anilines is 1. The summed E-state index contributed by atoms with van der Waals surface area (Å²) in [6.45, 7) is 3.37. The number of rotatable bonds is 4. The molecule has 1 aromatic heterocycles. The van der Waals surface area contributed by atoms with Crippen LogP contribution in [0.25, 0.3) is 0 Å². The van der Waals surface area contributed by atoms with Crippen molar-refractivity contribution in [2.45, 2.75) is 64.0 Å². The predicted octanol–water partition coefficient (Wildman–Crippen LogP) is 3.39. The molecule has 1 N–H and O–H groups in total. The fourth-order valence-electron chi connectivity index (χ4n) is 7.26. The van der Waals surface area contributed by atoms with E-state index in [1.165, 1.54) is 44.1 Å². The Morgan fingerprint density at radius 1 is 1.20 bits per heavy atom. The third-order valence-corrected chi connectivity index (χ3v) is 8.22. The zero-order valence-corrected chi connectivity index (χ0v) is 17.6. The van der Waals surface area contributed by atoms with Crippen LogP contribution in [0.5, 0.6) is 0 Å². The fraction of sp³-hybridized carbons (Fsp3) is 0.783. The smallest absolute Gasteiger partial charge is 0.410 e. The molecule has 162 valence electrons. The second kappa shape index (κ2) is 7.36. The second-order valence-electron chi connectivity index (χ2n) is 10.5. The van der Waals surface area contributed by atoms with Crippen LogP contribution < -0.4 is 5.32 Å². The maximum absolute atomic E-state index is 12.5. The van der Waals surface area contributed by atoms with Crippen LogP contribution in [0.2, 0.25) is 0 Å². The van der Waals surface area contributed by atoms with Gasteiger partial charge in [0.15, 0.2) is 0 Å². The molecule has 7 nitrogen and oxygen atoms in total. The molecule has 4 aliphatic carbocycles. The lowest BCUT2D eigenvalue weighted by atomic mass is 9.49. The minimum atomic E-state index is -0.252. The van der Waals surface area contributed by atoms with Crippen LogP contribution in [0.1, 0.15) is 56.2 Å². The van der Waals surface area contributed by atoms with Crippen LogP contribution in [-0.4, -0.2) is 53.4 Å². The van der Waals surface area contributed by atoms with E-state index in [1.54, 1.807) is 11.2 Å². The van der Waals surface area contributed by atoms with Gasteiger partial charge in [-0.25, -0.2) is 14.8 Å². The van der Waals surface area contributed by atoms with Crippen LogP contribution in [0, 0.1) is 23.2 Å². The molecule has 1 aromatic rings. The Labute approximate surface area is 177 Å². The molecule has 1 amide bonds. The molecule has 6 aliphatic rings. The first kappa shape index (κ1) is 18.8. The minimum absolute atomic E-state index is 0.109. The van der Waals surface area contributed by atoms with Gasteiger partial charge in [-0.2, -0.15) is 0 Å². The Bertz CT molecular complexity index is 787. The molecule has 5 fully saturated rings. The maximum atomic E-state index is 12.5. The summed E-state index contributed by atoms with van der Waals surface area (Å²) in [5.41, 5.74) is 2.60. The van der Waals surface area contributed by atoms with E-state index in [0.717, 1.165) is 48.7 Å². The Hall–Kier alpha value is -1.89. The zero-order valence-electron chi connectivity index (χ0n) is 17.6. The molecule has 4 saturated carbocycles. The predicted molar refractivity (Wildman–Crippen MR) is 111 cm³/mol. The van der Waals surface area contributed by atoms with Crippen LogP contribution >= 0.6 is 0 Å². The number of aromatic nitrogens is 2. The number of hydrogen-bond acceptors (Lipinski definition) is 6. The molecular formula is C23H32N4O3. The van der Waals surface area contributed by atoms with Crippen molar-refractivity contribution in [2.24, 2.45) is 23.2 Å². The van der Waals surface area contributed by atoms with Crippen LogP contribution in [0.3, 0.4) is 0 Å². The molecule has 0 unspecified atom stereocenters. The minimum Gasteiger partial charge on any atom is -0.444 e. The van der Waals surface area contributed by atoms with E-state index in [9.17, 15) is 4.79 Å². The number of carbonyl (C=O) groups excluding carboxylic acids is 1. The average Bonchev–Trinajstić information content (AvgIpc) is 3.24. The van der Waals surface area contributed by atoms with Gasteiger partial charge in [0, 0.05) is 25.1 Å². The van der Waals surface area contributed by atoms with Crippen molar-refractivity contribution in [3.05, 3.63) is 17.6 Å². The molecule has 0 aromatic carbocycles. The van der Waals surface area contributed by atoms with Gasteiger partial charge in [-0.3, -0.25) is 0 Å². The van der Waals surface area contributed by atoms with Gasteiger partial charge >= 0.3 is 6.09 Å². The van der Waals surface area contributed by atoms with Crippen molar-refractivity contribution in [2.75, 3.05) is 31.6 Å². The standard InChI is InChI=1S/C23H32N4O3/c28-22(30-18-2-4-29-12-18)27-3-1-19-20(11-27)25-14-26-21(19)24-13-23-8-15-5-16(9-23)7-17(6-15)10-23/h14-18H,1-13H2,(H,24,25,26)/t15?,16?,17?,18-,23?/m1/s1. The highest BCUT2D eigenvalue weighted by molar-refractivity contribution is 5.68. The van der Waals surface area contributed by atoms with Crippen LogP contribution in [0.4, 0.5) is 10.6 Å². The summed E-state index contributed by atoms with van der Waals surface area (Å²) in [5, 5.41) is 3.73. The topological polar surface area (TPSA) is 76.6 Å². The summed E-state index contributed by atoms with van der Waals surface area (Å²) in [6.07, 6.45) is 11.4. The number of fused-ring (bicyclic) bond motifs is 1. The normalized spacial score (nSPS) is 36.6. The maximum Gasteiger partial charge on any atom is 0.410 e. The van der Waals surface area contributed by atoms with Crippen LogP contribution in [0.15, 0.2) is 6.33 Å². The van der Waals surface area contributed by atoms with Gasteiger partial charge in [0.05, 0.1) is 25.5 Å². The van der Waals surface area contributed by atoms with Crippen molar-refractivity contribution in [1.82, 2.24) is 14.9 Å². The third-order valence-electron chi connectivity index (χ3n) is 8.22. The Balaban J connectivity index is 1.12. The van der Waals surface area contributed by atoms with Gasteiger partial charge in [0.25, 0.3) is 0 Å². The number of hydrogen-bond donors (Lipinski definition) is 1. The monoisotopic (exact) mass is 412 g/mol. The van der Waals surface area contributed by atoms with Crippen molar-refractivity contribution in [3.63, 3.8) is 0 Å². The quantitative estimate of drug-likeness (QED) is 0.817. The fourth-order valence-corrected chi connectivity index (χ4v) is 7.26. The summed E-state index contributed by atoms with van der Waals surface area (Å²) < 4.78 is 10.9. The molecule has 30 heavy (non-hydrogen) atoms. The van der Waals surface area contributed by atoms with Gasteiger partial charge < -0.3 is 19.7 Å². The first-order chi connectivity index (χ1) is 14.7. The third kappa shape index (κ3) is 3.45. The Kier molecular flexibility index (Phi) is 4.62. The van der Waals surface area contributed by atoms with Gasteiger partial charge in [-0.05, 0) is 68.1 Å². The number of amides is 1. The summed E-state index contributed by atoms with van der Waals surface area (Å²) in [4.78, 5) is 23.4. The Morgan fingerprint density at radius 3 is 2.67 bits per heavy atom. The van der Waals surface area contributed by atoms with E-state index in [2.05, 4.69) is 15.3 Å². The number of nitrogens with one attached hydrogen (secondary N) is 1. The molecule has 7 heteroatoms. The molecule has 4 bridgehead atoms. The van der Waals surface area contributed by atoms with E-state index in [1.807, 2.05) is 0 Å². The van der Waals surface area contributed by atoms with Crippen molar-refractivity contribution in [3.8, 4) is 0 Å². The largest absolute Gasteiger partial charge is 0.444 e. The highest BCUT2D eigenvalue weighted by Crippen LogP contribution is 2.59. The first-order valence-electron chi connectivity index (χ1n) is 11.8. The second-order valence-corrected chi connectivity index (χ2v) is 10.5. The SMILES string of the molecule is O=C(O[C@@H]1CCOC1)N1CCc2c(ncnc2NCC23CC4CC(CC(C4)C2)C3)C1. The number of ether oxygens (including phenoxy) is 2. The Morgan fingerprint density at radius 2 is 1.97 bits per heavy atom. The lowest BCUT2D eigenvalue weighted by molar-refractivity contribution is -0.0444. The highest BCUT2D eigenvalue weighted by Gasteiger charge is 2.50. The van der Waals surface area contributed by atoms with Gasteiger partial charge in [0.1, 0.15) is 18.2 Å². The van der Waals surface area contributed by atoms with E-state index < -0.39 is 0 Å². The summed E-state index contributed by atoms with van der Waals surface area (Å²) >= 11 is 0. The van der Waals surface area contributed by atoms with Crippen LogP contribution in [-0.2, 0) is 22.4 Å². The molecule has 2 aliphatic heterocycles. The first-order valence-corrected chi connectivity index (χ1v) is 11.8. The summed E-state index contributed by atoms with van der Waals surface area (Å²) in [6, 6.07) is 0. The van der Waals surface area contributed by atoms with Gasteiger partial charge in [-0.1, -0.05) is 0 Å². The molecule has 0 spiro atoms. The van der Waals surface area contributed by atoms with E-state index in [-0.39, 0.29) is 12.2 Å². The lowest BCUT2D eigenvalue weighted by Crippen LogP contribution is -2.49. The molecule has 1 atom stereocenters. The molecule has 7 rings (SSSR count). The van der Waals surface area contributed by atoms with Gasteiger partial charge in [-0.15, -0.1) is 0 Å². The molecule has 1 saturated heterocycles. The van der Waals surface area contributed by atoms with Crippen molar-refractivity contribution < 1.29 is 14.3 Å². The lowest BCUT2D eigenvalue weighted by Gasteiger charge is -2.57. The average molecular weight is 413 g/mol. The van der Waals surface area contributed by atoms with E-state index in [4.69, 9.17) is 9.47 Å². The van der Waals surface area contributed by atoms with Crippen molar-refractivity contribution in [1.29, 1.82) is 0 Å². The zero-order chi connectivity index (χ0) is 20.1. The van der Waals surface area contributed by atoms with Crippen molar-refractivity contribution >= 4 is 11.9 Å². The summed E-state index contributed by atoms with van der Waals surface area (Å²) in [5.74, 6) is 3.86. The highest BCUT2D eigenvalue weighted by atomic mass is 16.6. The van der Waals surface area contributed by atoms with E-state index >= 15 is 0 Å². The molecular weight excluding hydrogens is 380 g/mol. The number of carbonyl (C=O) groups is 1.